The van der Waals surface area contributed by atoms with Crippen LogP contribution in [0.15, 0.2) is 28.9 Å². The molecule has 2 rings (SSSR count). The van der Waals surface area contributed by atoms with Crippen molar-refractivity contribution in [1.82, 2.24) is 4.98 Å². The lowest BCUT2D eigenvalue weighted by Crippen LogP contribution is -2.04. The molecule has 0 fully saturated rings. The van der Waals surface area contributed by atoms with E-state index < -0.39 is 0 Å². The van der Waals surface area contributed by atoms with E-state index in [4.69, 9.17) is 0 Å². The third-order valence-electron chi connectivity index (χ3n) is 3.47. The Morgan fingerprint density at radius 2 is 1.68 bits per heavy atom. The van der Waals surface area contributed by atoms with Crippen molar-refractivity contribution >= 4 is 21.6 Å². The summed E-state index contributed by atoms with van der Waals surface area (Å²) < 4.78 is 0.873. The predicted octanol–water partition coefficient (Wildman–Crippen LogP) is 4.69. The quantitative estimate of drug-likeness (QED) is 0.830. The van der Waals surface area contributed by atoms with Crippen LogP contribution in [-0.2, 0) is 6.54 Å². The van der Waals surface area contributed by atoms with Gasteiger partial charge in [0, 0.05) is 6.54 Å². The van der Waals surface area contributed by atoms with Crippen molar-refractivity contribution in [1.29, 1.82) is 0 Å². The maximum absolute atomic E-state index is 4.39. The highest BCUT2D eigenvalue weighted by Crippen LogP contribution is 2.19. The lowest BCUT2D eigenvalue weighted by atomic mass is 10.0. The highest BCUT2D eigenvalue weighted by Gasteiger charge is 2.04. The summed E-state index contributed by atoms with van der Waals surface area (Å²) in [4.78, 5) is 4.39. The van der Waals surface area contributed by atoms with E-state index in [1.807, 2.05) is 13.0 Å². The maximum Gasteiger partial charge on any atom is 0.106 e. The van der Waals surface area contributed by atoms with E-state index in [1.54, 1.807) is 0 Å². The fourth-order valence-corrected chi connectivity index (χ4v) is 2.52. The summed E-state index contributed by atoms with van der Waals surface area (Å²) in [6, 6.07) is 8.53. The van der Waals surface area contributed by atoms with Crippen molar-refractivity contribution in [2.45, 2.75) is 34.2 Å². The summed E-state index contributed by atoms with van der Waals surface area (Å²) in [6.45, 7) is 9.32. The van der Waals surface area contributed by atoms with Gasteiger partial charge in [-0.2, -0.15) is 0 Å². The topological polar surface area (TPSA) is 24.9 Å². The predicted molar refractivity (Wildman–Crippen MR) is 84.7 cm³/mol. The van der Waals surface area contributed by atoms with Crippen LogP contribution < -0.4 is 5.32 Å². The summed E-state index contributed by atoms with van der Waals surface area (Å²) in [6.07, 6.45) is 0. The molecule has 0 saturated heterocycles. The minimum absolute atomic E-state index is 0.830. The Morgan fingerprint density at radius 1 is 1.00 bits per heavy atom. The molecule has 0 unspecified atom stereocenters. The molecule has 1 N–H and O–H groups in total. The Bertz CT molecular complexity index is 606. The number of aryl methyl sites for hydroxylation is 4. The van der Waals surface area contributed by atoms with Crippen molar-refractivity contribution in [2.24, 2.45) is 0 Å². The van der Waals surface area contributed by atoms with E-state index in [0.29, 0.717) is 0 Å². The maximum atomic E-state index is 4.39. The van der Waals surface area contributed by atoms with Crippen molar-refractivity contribution in [3.8, 4) is 0 Å². The zero-order valence-electron chi connectivity index (χ0n) is 11.8. The molecule has 0 aliphatic carbocycles. The number of hydrogen-bond acceptors (Lipinski definition) is 2. The van der Waals surface area contributed by atoms with E-state index in [2.05, 4.69) is 65.2 Å². The first-order valence-electron chi connectivity index (χ1n) is 6.41. The number of rotatable bonds is 3. The van der Waals surface area contributed by atoms with Gasteiger partial charge in [0.25, 0.3) is 0 Å². The van der Waals surface area contributed by atoms with Crippen LogP contribution in [0.3, 0.4) is 0 Å². The van der Waals surface area contributed by atoms with E-state index in [9.17, 15) is 0 Å². The van der Waals surface area contributed by atoms with Crippen LogP contribution in [0.25, 0.3) is 0 Å². The number of benzene rings is 1. The molecule has 0 aliphatic rings. The molecule has 2 nitrogen and oxygen atoms in total. The van der Waals surface area contributed by atoms with Crippen molar-refractivity contribution in [3.63, 3.8) is 0 Å². The Balaban J connectivity index is 2.16. The molecule has 0 spiro atoms. The number of aromatic nitrogens is 1. The fourth-order valence-electron chi connectivity index (χ4n) is 2.12. The average Bonchev–Trinajstić information content (AvgIpc) is 2.34. The number of nitrogens with zero attached hydrogens (tertiary/aromatic N) is 1. The van der Waals surface area contributed by atoms with E-state index in [0.717, 1.165) is 22.5 Å². The van der Waals surface area contributed by atoms with Gasteiger partial charge in [-0.25, -0.2) is 4.98 Å². The first-order chi connectivity index (χ1) is 8.97. The highest BCUT2D eigenvalue weighted by molar-refractivity contribution is 9.10. The van der Waals surface area contributed by atoms with Crippen LogP contribution in [0.4, 0.5) is 5.69 Å². The third-order valence-corrected chi connectivity index (χ3v) is 3.92. The molecule has 2 aromatic rings. The standard InChI is InChI=1S/C16H19BrN2/c1-10-7-12(3)14(8-11(10)2)9-18-15-5-6-16(17)19-13(15)4/h5-8,18H,9H2,1-4H3. The summed E-state index contributed by atoms with van der Waals surface area (Å²) >= 11 is 3.38. The van der Waals surface area contributed by atoms with E-state index in [1.165, 1.54) is 22.3 Å². The number of pyridine rings is 1. The molecule has 1 heterocycles. The molecule has 1 aromatic carbocycles. The molecule has 0 radical (unpaired) electrons. The summed E-state index contributed by atoms with van der Waals surface area (Å²) in [7, 11) is 0. The van der Waals surface area contributed by atoms with Gasteiger partial charge in [0.1, 0.15) is 4.60 Å². The van der Waals surface area contributed by atoms with Gasteiger partial charge < -0.3 is 5.32 Å². The second-order valence-electron chi connectivity index (χ2n) is 4.98. The number of halogens is 1. The van der Waals surface area contributed by atoms with Crippen LogP contribution in [0, 0.1) is 27.7 Å². The van der Waals surface area contributed by atoms with Gasteiger partial charge >= 0.3 is 0 Å². The van der Waals surface area contributed by atoms with E-state index in [-0.39, 0.29) is 0 Å². The summed E-state index contributed by atoms with van der Waals surface area (Å²) in [5.74, 6) is 0. The normalized spacial score (nSPS) is 10.6. The minimum atomic E-state index is 0.830. The summed E-state index contributed by atoms with van der Waals surface area (Å²) in [5, 5.41) is 3.46. The molecule has 1 aromatic heterocycles. The van der Waals surface area contributed by atoms with Gasteiger partial charge in [0.05, 0.1) is 11.4 Å². The fraction of sp³-hybridized carbons (Fsp3) is 0.312. The van der Waals surface area contributed by atoms with Crippen LogP contribution in [-0.4, -0.2) is 4.98 Å². The molecule has 0 saturated carbocycles. The van der Waals surface area contributed by atoms with Gasteiger partial charge in [-0.3, -0.25) is 0 Å². The second kappa shape index (κ2) is 5.74. The van der Waals surface area contributed by atoms with Gasteiger partial charge in [-0.1, -0.05) is 12.1 Å². The Kier molecular flexibility index (Phi) is 4.25. The first kappa shape index (κ1) is 14.1. The molecule has 0 atom stereocenters. The van der Waals surface area contributed by atoms with Gasteiger partial charge in [-0.05, 0) is 78.0 Å². The second-order valence-corrected chi connectivity index (χ2v) is 5.80. The Labute approximate surface area is 123 Å². The minimum Gasteiger partial charge on any atom is -0.379 e. The first-order valence-corrected chi connectivity index (χ1v) is 7.20. The lowest BCUT2D eigenvalue weighted by molar-refractivity contribution is 1.07. The molecule has 3 heteroatoms. The third kappa shape index (κ3) is 3.35. The van der Waals surface area contributed by atoms with Crippen LogP contribution in [0.1, 0.15) is 27.9 Å². The molecule has 0 aliphatic heterocycles. The van der Waals surface area contributed by atoms with Crippen LogP contribution in [0.2, 0.25) is 0 Å². The molecule has 100 valence electrons. The lowest BCUT2D eigenvalue weighted by Gasteiger charge is -2.13. The van der Waals surface area contributed by atoms with E-state index >= 15 is 0 Å². The summed E-state index contributed by atoms with van der Waals surface area (Å²) in [5.41, 5.74) is 7.45. The van der Waals surface area contributed by atoms with Crippen molar-refractivity contribution < 1.29 is 0 Å². The highest BCUT2D eigenvalue weighted by atomic mass is 79.9. The molecule has 0 amide bonds. The van der Waals surface area contributed by atoms with Crippen molar-refractivity contribution in [3.05, 3.63) is 56.8 Å². The van der Waals surface area contributed by atoms with Crippen LogP contribution in [0.5, 0.6) is 0 Å². The zero-order chi connectivity index (χ0) is 14.0. The molecule has 0 bridgehead atoms. The zero-order valence-corrected chi connectivity index (χ0v) is 13.4. The van der Waals surface area contributed by atoms with Gasteiger partial charge in [0.2, 0.25) is 0 Å². The van der Waals surface area contributed by atoms with Gasteiger partial charge in [-0.15, -0.1) is 0 Å². The molecular weight excluding hydrogens is 300 g/mol. The van der Waals surface area contributed by atoms with Crippen LogP contribution >= 0.6 is 15.9 Å². The van der Waals surface area contributed by atoms with Gasteiger partial charge in [0.15, 0.2) is 0 Å². The number of nitrogens with one attached hydrogen (secondary N) is 1. The number of anilines is 1. The smallest absolute Gasteiger partial charge is 0.106 e. The molecular formula is C16H19BrN2. The Morgan fingerprint density at radius 3 is 2.37 bits per heavy atom. The average molecular weight is 319 g/mol. The molecule has 19 heavy (non-hydrogen) atoms. The monoisotopic (exact) mass is 318 g/mol. The SMILES string of the molecule is Cc1cc(C)c(CNc2ccc(Br)nc2C)cc1C. The number of hydrogen-bond donors (Lipinski definition) is 1. The Hall–Kier alpha value is -1.35. The van der Waals surface area contributed by atoms with Crippen molar-refractivity contribution in [2.75, 3.05) is 5.32 Å². The largest absolute Gasteiger partial charge is 0.379 e.